The van der Waals surface area contributed by atoms with E-state index in [2.05, 4.69) is 57.6 Å². The van der Waals surface area contributed by atoms with E-state index in [4.69, 9.17) is 0 Å². The van der Waals surface area contributed by atoms with Crippen molar-refractivity contribution in [3.63, 3.8) is 0 Å². The second kappa shape index (κ2) is 5.34. The van der Waals surface area contributed by atoms with Gasteiger partial charge in [-0.2, -0.15) is 0 Å². The zero-order valence-corrected chi connectivity index (χ0v) is 12.0. The van der Waals surface area contributed by atoms with E-state index in [-0.39, 0.29) is 0 Å². The molecule has 2 aromatic heterocycles. The van der Waals surface area contributed by atoms with E-state index in [1.165, 1.54) is 29.4 Å². The summed E-state index contributed by atoms with van der Waals surface area (Å²) in [5, 5.41) is 4.80. The van der Waals surface area contributed by atoms with Gasteiger partial charge in [0.15, 0.2) is 0 Å². The predicted octanol–water partition coefficient (Wildman–Crippen LogP) is 3.34. The number of aromatic nitrogens is 2. The summed E-state index contributed by atoms with van der Waals surface area (Å²) in [6, 6.07) is 13.4. The molecule has 0 radical (unpaired) electrons. The summed E-state index contributed by atoms with van der Waals surface area (Å²) in [6.45, 7) is 1.88. The number of rotatable bonds is 5. The average molecular weight is 277 g/mol. The Bertz CT molecular complexity index is 751. The van der Waals surface area contributed by atoms with Gasteiger partial charge in [-0.1, -0.05) is 18.2 Å². The summed E-state index contributed by atoms with van der Waals surface area (Å²) >= 11 is 0. The van der Waals surface area contributed by atoms with Gasteiger partial charge in [-0.05, 0) is 42.2 Å². The summed E-state index contributed by atoms with van der Waals surface area (Å²) in [7, 11) is 0. The molecule has 0 unspecified atom stereocenters. The zero-order valence-electron chi connectivity index (χ0n) is 12.0. The van der Waals surface area contributed by atoms with Crippen molar-refractivity contribution < 1.29 is 0 Å². The van der Waals surface area contributed by atoms with Crippen molar-refractivity contribution in [1.82, 2.24) is 14.9 Å². The molecule has 3 nitrogen and oxygen atoms in total. The number of nitrogens with zero attached hydrogens (tertiary/aromatic N) is 2. The van der Waals surface area contributed by atoms with Crippen LogP contribution < -0.4 is 5.32 Å². The first kappa shape index (κ1) is 12.6. The lowest BCUT2D eigenvalue weighted by molar-refractivity contribution is 0.685. The van der Waals surface area contributed by atoms with Crippen LogP contribution in [-0.4, -0.2) is 15.6 Å². The smallest absolute Gasteiger partial charge is 0.0705 e. The molecule has 21 heavy (non-hydrogen) atoms. The number of fused-ring (bicyclic) bond motifs is 1. The van der Waals surface area contributed by atoms with Crippen molar-refractivity contribution in [1.29, 1.82) is 0 Å². The Kier molecular flexibility index (Phi) is 3.20. The third kappa shape index (κ3) is 2.83. The van der Waals surface area contributed by atoms with Gasteiger partial charge in [0.1, 0.15) is 0 Å². The highest BCUT2D eigenvalue weighted by Crippen LogP contribution is 2.20. The van der Waals surface area contributed by atoms with Crippen LogP contribution in [0.5, 0.6) is 0 Å². The van der Waals surface area contributed by atoms with Gasteiger partial charge in [0.25, 0.3) is 0 Å². The highest BCUT2D eigenvalue weighted by molar-refractivity contribution is 5.81. The molecule has 0 bridgehead atoms. The molecule has 0 aliphatic heterocycles. The average Bonchev–Trinajstić information content (AvgIpc) is 3.25. The Labute approximate surface area is 124 Å². The molecule has 4 rings (SSSR count). The maximum Gasteiger partial charge on any atom is 0.0705 e. The van der Waals surface area contributed by atoms with Gasteiger partial charge in [-0.25, -0.2) is 0 Å². The van der Waals surface area contributed by atoms with Crippen LogP contribution in [0, 0.1) is 0 Å². The third-order valence-corrected chi connectivity index (χ3v) is 4.08. The second-order valence-corrected chi connectivity index (χ2v) is 5.83. The fourth-order valence-corrected chi connectivity index (χ4v) is 2.73. The molecule has 0 spiro atoms. The molecule has 0 atom stereocenters. The Morgan fingerprint density at radius 2 is 2.05 bits per heavy atom. The lowest BCUT2D eigenvalue weighted by Crippen LogP contribution is -2.14. The maximum absolute atomic E-state index is 4.43. The number of hydrogen-bond donors (Lipinski definition) is 1. The van der Waals surface area contributed by atoms with Gasteiger partial charge in [0.05, 0.1) is 5.52 Å². The topological polar surface area (TPSA) is 29.9 Å². The minimum absolute atomic E-state index is 0.762. The summed E-state index contributed by atoms with van der Waals surface area (Å²) in [5.74, 6) is 0. The third-order valence-electron chi connectivity index (χ3n) is 4.08. The second-order valence-electron chi connectivity index (χ2n) is 5.83. The zero-order chi connectivity index (χ0) is 14.1. The van der Waals surface area contributed by atoms with E-state index in [9.17, 15) is 0 Å². The van der Waals surface area contributed by atoms with Crippen LogP contribution in [0.15, 0.2) is 55.0 Å². The Morgan fingerprint density at radius 1 is 1.14 bits per heavy atom. The van der Waals surface area contributed by atoms with Crippen molar-refractivity contribution in [3.8, 4) is 0 Å². The normalized spacial score (nSPS) is 14.7. The van der Waals surface area contributed by atoms with Crippen molar-refractivity contribution in [3.05, 3.63) is 66.1 Å². The van der Waals surface area contributed by atoms with Crippen molar-refractivity contribution in [2.75, 3.05) is 0 Å². The summed E-state index contributed by atoms with van der Waals surface area (Å²) in [5.41, 5.74) is 3.75. The highest BCUT2D eigenvalue weighted by Gasteiger charge is 2.19. The van der Waals surface area contributed by atoms with Gasteiger partial charge < -0.3 is 9.88 Å². The first-order chi connectivity index (χ1) is 10.4. The first-order valence-corrected chi connectivity index (χ1v) is 7.59. The number of nitrogens with one attached hydrogen (secondary N) is 1. The number of hydrogen-bond acceptors (Lipinski definition) is 2. The molecule has 1 N–H and O–H groups in total. The summed E-state index contributed by atoms with van der Waals surface area (Å²) in [4.78, 5) is 4.43. The van der Waals surface area contributed by atoms with E-state index in [1.807, 2.05) is 12.3 Å². The minimum atomic E-state index is 0.762. The summed E-state index contributed by atoms with van der Waals surface area (Å²) in [6.07, 6.45) is 8.98. The SMILES string of the molecule is c1ccc2c(Cn3ccc(CNC4CC4)c3)ccnc2c1. The first-order valence-electron chi connectivity index (χ1n) is 7.59. The van der Waals surface area contributed by atoms with Gasteiger partial charge in [0, 0.05) is 43.1 Å². The van der Waals surface area contributed by atoms with E-state index in [0.29, 0.717) is 0 Å². The van der Waals surface area contributed by atoms with Crippen LogP contribution in [0.3, 0.4) is 0 Å². The fourth-order valence-electron chi connectivity index (χ4n) is 2.73. The Balaban J connectivity index is 1.53. The van der Waals surface area contributed by atoms with Crippen LogP contribution in [0.4, 0.5) is 0 Å². The maximum atomic E-state index is 4.43. The molecular formula is C18H19N3. The van der Waals surface area contributed by atoms with Crippen LogP contribution in [0.2, 0.25) is 0 Å². The molecule has 3 heteroatoms. The van der Waals surface area contributed by atoms with E-state index < -0.39 is 0 Å². The fraction of sp³-hybridized carbons (Fsp3) is 0.278. The molecule has 1 saturated carbocycles. The molecule has 1 aliphatic carbocycles. The largest absolute Gasteiger partial charge is 0.350 e. The van der Waals surface area contributed by atoms with Crippen molar-refractivity contribution in [2.24, 2.45) is 0 Å². The number of benzene rings is 1. The Hall–Kier alpha value is -2.13. The number of para-hydroxylation sites is 1. The molecule has 106 valence electrons. The minimum Gasteiger partial charge on any atom is -0.350 e. The molecule has 1 fully saturated rings. The molecule has 1 aromatic carbocycles. The quantitative estimate of drug-likeness (QED) is 0.775. The van der Waals surface area contributed by atoms with E-state index in [1.54, 1.807) is 0 Å². The lowest BCUT2D eigenvalue weighted by atomic mass is 10.1. The van der Waals surface area contributed by atoms with Gasteiger partial charge in [0.2, 0.25) is 0 Å². The van der Waals surface area contributed by atoms with Crippen LogP contribution >= 0.6 is 0 Å². The van der Waals surface area contributed by atoms with Gasteiger partial charge >= 0.3 is 0 Å². The van der Waals surface area contributed by atoms with Crippen molar-refractivity contribution >= 4 is 10.9 Å². The standard InChI is InChI=1S/C18H19N3/c1-2-4-18-17(3-1)15(7-9-19-18)13-21-10-8-14(12-21)11-20-16-5-6-16/h1-4,7-10,12,16,20H,5-6,11,13H2. The molecule has 1 aliphatic rings. The van der Waals surface area contributed by atoms with E-state index in [0.717, 1.165) is 24.6 Å². The molecule has 0 amide bonds. The monoisotopic (exact) mass is 277 g/mol. The van der Waals surface area contributed by atoms with E-state index >= 15 is 0 Å². The van der Waals surface area contributed by atoms with Crippen LogP contribution in [0.25, 0.3) is 10.9 Å². The molecular weight excluding hydrogens is 258 g/mol. The molecule has 0 saturated heterocycles. The highest BCUT2D eigenvalue weighted by atomic mass is 15.0. The molecule has 2 heterocycles. The van der Waals surface area contributed by atoms with Crippen molar-refractivity contribution in [2.45, 2.75) is 32.0 Å². The number of pyridine rings is 1. The van der Waals surface area contributed by atoms with Crippen LogP contribution in [-0.2, 0) is 13.1 Å². The Morgan fingerprint density at radius 3 is 2.95 bits per heavy atom. The summed E-state index contributed by atoms with van der Waals surface area (Å²) < 4.78 is 2.26. The van der Waals surface area contributed by atoms with Gasteiger partial charge in [-0.3, -0.25) is 4.98 Å². The lowest BCUT2D eigenvalue weighted by Gasteiger charge is -2.07. The van der Waals surface area contributed by atoms with Gasteiger partial charge in [-0.15, -0.1) is 0 Å². The van der Waals surface area contributed by atoms with Crippen LogP contribution in [0.1, 0.15) is 24.0 Å². The predicted molar refractivity (Wildman–Crippen MR) is 85.1 cm³/mol. The molecule has 3 aromatic rings.